The predicted molar refractivity (Wildman–Crippen MR) is 87.5 cm³/mol. The van der Waals surface area contributed by atoms with Crippen LogP contribution in [0.15, 0.2) is 24.5 Å². The third-order valence-electron chi connectivity index (χ3n) is 4.03. The van der Waals surface area contributed by atoms with Gasteiger partial charge in [0.2, 0.25) is 5.95 Å². The average Bonchev–Trinajstić information content (AvgIpc) is 2.97. The molecule has 0 radical (unpaired) electrons. The Morgan fingerprint density at radius 3 is 2.35 bits per heavy atom. The number of rotatable bonds is 3. The second kappa shape index (κ2) is 6.36. The van der Waals surface area contributed by atoms with Gasteiger partial charge in [0.05, 0.1) is 0 Å². The van der Waals surface area contributed by atoms with Crippen molar-refractivity contribution in [3.8, 4) is 0 Å². The highest BCUT2D eigenvalue weighted by Crippen LogP contribution is 2.15. The molecule has 1 saturated heterocycles. The number of aromatic nitrogens is 4. The molecule has 2 aromatic rings. The molecule has 0 aliphatic carbocycles. The molecule has 0 N–H and O–H groups in total. The van der Waals surface area contributed by atoms with Crippen molar-refractivity contribution < 1.29 is 4.79 Å². The molecule has 0 aromatic carbocycles. The van der Waals surface area contributed by atoms with Crippen molar-refractivity contribution in [2.75, 3.05) is 31.1 Å². The molecule has 0 unspecified atom stereocenters. The van der Waals surface area contributed by atoms with Gasteiger partial charge in [0, 0.05) is 50.3 Å². The molecule has 3 heterocycles. The lowest BCUT2D eigenvalue weighted by Crippen LogP contribution is -2.49. The van der Waals surface area contributed by atoms with Crippen LogP contribution in [0.4, 0.5) is 5.95 Å². The summed E-state index contributed by atoms with van der Waals surface area (Å²) in [5.74, 6) is 0.723. The van der Waals surface area contributed by atoms with E-state index in [1.165, 1.54) is 0 Å². The quantitative estimate of drug-likeness (QED) is 0.859. The fraction of sp³-hybridized carbons (Fsp3) is 0.500. The molecule has 122 valence electrons. The lowest BCUT2D eigenvalue weighted by Gasteiger charge is -2.34. The van der Waals surface area contributed by atoms with E-state index < -0.39 is 0 Å². The van der Waals surface area contributed by atoms with Crippen LogP contribution in [0.2, 0.25) is 0 Å². The Kier molecular flexibility index (Phi) is 4.27. The largest absolute Gasteiger partial charge is 0.337 e. The van der Waals surface area contributed by atoms with Crippen molar-refractivity contribution in [3.05, 3.63) is 35.9 Å². The molecule has 0 bridgehead atoms. The number of hydrogen-bond acceptors (Lipinski definition) is 5. The van der Waals surface area contributed by atoms with E-state index in [-0.39, 0.29) is 11.9 Å². The first-order chi connectivity index (χ1) is 11.1. The standard InChI is InChI=1S/C16H22N6O/c1-12(2)22-13(3)11-14(19-22)15(23)20-7-9-21(10-8-20)16-17-5-4-6-18-16/h4-6,11-12H,7-10H2,1-3H3. The predicted octanol–water partition coefficient (Wildman–Crippen LogP) is 1.52. The molecule has 0 atom stereocenters. The monoisotopic (exact) mass is 314 g/mol. The van der Waals surface area contributed by atoms with Gasteiger partial charge in [0.1, 0.15) is 0 Å². The number of aryl methyl sites for hydroxylation is 1. The summed E-state index contributed by atoms with van der Waals surface area (Å²) in [5, 5.41) is 4.45. The molecule has 0 spiro atoms. The zero-order valence-corrected chi connectivity index (χ0v) is 13.8. The van der Waals surface area contributed by atoms with Crippen LogP contribution in [0.25, 0.3) is 0 Å². The summed E-state index contributed by atoms with van der Waals surface area (Å²) in [4.78, 5) is 25.1. The van der Waals surface area contributed by atoms with Crippen LogP contribution in [0.5, 0.6) is 0 Å². The summed E-state index contributed by atoms with van der Waals surface area (Å²) in [6, 6.07) is 3.93. The summed E-state index contributed by atoms with van der Waals surface area (Å²) in [5.41, 5.74) is 1.54. The van der Waals surface area contributed by atoms with E-state index in [1.807, 2.05) is 22.6 Å². The maximum Gasteiger partial charge on any atom is 0.274 e. The molecule has 2 aromatic heterocycles. The number of carbonyl (C=O) groups excluding carboxylic acids is 1. The Balaban J connectivity index is 1.65. The van der Waals surface area contributed by atoms with Gasteiger partial charge in [-0.2, -0.15) is 5.10 Å². The van der Waals surface area contributed by atoms with Crippen molar-refractivity contribution >= 4 is 11.9 Å². The van der Waals surface area contributed by atoms with E-state index in [2.05, 4.69) is 33.8 Å². The van der Waals surface area contributed by atoms with Gasteiger partial charge in [-0.1, -0.05) is 0 Å². The second-order valence-electron chi connectivity index (χ2n) is 6.04. The molecule has 3 rings (SSSR count). The minimum atomic E-state index is 0.00105. The molecule has 1 aliphatic heterocycles. The Morgan fingerprint density at radius 1 is 1.13 bits per heavy atom. The van der Waals surface area contributed by atoms with Crippen LogP contribution in [-0.2, 0) is 0 Å². The van der Waals surface area contributed by atoms with Gasteiger partial charge >= 0.3 is 0 Å². The van der Waals surface area contributed by atoms with Crippen LogP contribution < -0.4 is 4.90 Å². The van der Waals surface area contributed by atoms with Crippen LogP contribution >= 0.6 is 0 Å². The van der Waals surface area contributed by atoms with Crippen molar-refractivity contribution in [2.45, 2.75) is 26.8 Å². The van der Waals surface area contributed by atoms with Gasteiger partial charge < -0.3 is 9.80 Å². The highest BCUT2D eigenvalue weighted by atomic mass is 16.2. The third-order valence-corrected chi connectivity index (χ3v) is 4.03. The Bertz CT molecular complexity index is 673. The Labute approximate surface area is 135 Å². The fourth-order valence-electron chi connectivity index (χ4n) is 2.84. The van der Waals surface area contributed by atoms with E-state index in [1.54, 1.807) is 18.5 Å². The lowest BCUT2D eigenvalue weighted by atomic mass is 10.2. The minimum absolute atomic E-state index is 0.00105. The summed E-state index contributed by atoms with van der Waals surface area (Å²) < 4.78 is 1.89. The van der Waals surface area contributed by atoms with E-state index in [9.17, 15) is 4.79 Å². The van der Waals surface area contributed by atoms with Crippen molar-refractivity contribution in [1.82, 2.24) is 24.6 Å². The Morgan fingerprint density at radius 2 is 1.78 bits per heavy atom. The molecule has 0 saturated carbocycles. The first-order valence-corrected chi connectivity index (χ1v) is 7.93. The Hall–Kier alpha value is -2.44. The van der Waals surface area contributed by atoms with E-state index >= 15 is 0 Å². The van der Waals surface area contributed by atoms with Gasteiger partial charge in [-0.05, 0) is 32.9 Å². The summed E-state index contributed by atoms with van der Waals surface area (Å²) in [6.07, 6.45) is 3.47. The first kappa shape index (κ1) is 15.5. The molecule has 1 aliphatic rings. The topological polar surface area (TPSA) is 67.2 Å². The first-order valence-electron chi connectivity index (χ1n) is 7.93. The maximum atomic E-state index is 12.6. The second-order valence-corrected chi connectivity index (χ2v) is 6.04. The maximum absolute atomic E-state index is 12.6. The molecular formula is C16H22N6O. The number of carbonyl (C=O) groups is 1. The molecule has 1 amide bonds. The summed E-state index contributed by atoms with van der Waals surface area (Å²) >= 11 is 0. The number of anilines is 1. The van der Waals surface area contributed by atoms with Gasteiger partial charge in [-0.15, -0.1) is 0 Å². The SMILES string of the molecule is Cc1cc(C(=O)N2CCN(c3ncccn3)CC2)nn1C(C)C. The van der Waals surface area contributed by atoms with Crippen molar-refractivity contribution in [3.63, 3.8) is 0 Å². The van der Waals surface area contributed by atoms with Crippen LogP contribution in [0.3, 0.4) is 0 Å². The van der Waals surface area contributed by atoms with Crippen LogP contribution in [0, 0.1) is 6.92 Å². The summed E-state index contributed by atoms with van der Waals surface area (Å²) in [7, 11) is 0. The zero-order valence-electron chi connectivity index (χ0n) is 13.8. The molecule has 7 heteroatoms. The van der Waals surface area contributed by atoms with Gasteiger partial charge in [-0.3, -0.25) is 9.48 Å². The number of hydrogen-bond donors (Lipinski definition) is 0. The van der Waals surface area contributed by atoms with Crippen LogP contribution in [0.1, 0.15) is 36.1 Å². The zero-order chi connectivity index (χ0) is 16.4. The van der Waals surface area contributed by atoms with E-state index in [4.69, 9.17) is 0 Å². The smallest absolute Gasteiger partial charge is 0.274 e. The lowest BCUT2D eigenvalue weighted by molar-refractivity contribution is 0.0739. The average molecular weight is 314 g/mol. The van der Waals surface area contributed by atoms with Crippen molar-refractivity contribution in [2.24, 2.45) is 0 Å². The number of nitrogens with zero attached hydrogens (tertiary/aromatic N) is 6. The van der Waals surface area contributed by atoms with Gasteiger partial charge in [-0.25, -0.2) is 9.97 Å². The van der Waals surface area contributed by atoms with Crippen LogP contribution in [-0.4, -0.2) is 56.7 Å². The highest BCUT2D eigenvalue weighted by molar-refractivity contribution is 5.92. The summed E-state index contributed by atoms with van der Waals surface area (Å²) in [6.45, 7) is 8.89. The normalized spacial score (nSPS) is 15.3. The molecular weight excluding hydrogens is 292 g/mol. The van der Waals surface area contributed by atoms with E-state index in [0.717, 1.165) is 24.7 Å². The van der Waals surface area contributed by atoms with E-state index in [0.29, 0.717) is 18.8 Å². The number of amides is 1. The fourth-order valence-corrected chi connectivity index (χ4v) is 2.84. The molecule has 7 nitrogen and oxygen atoms in total. The van der Waals surface area contributed by atoms with Crippen molar-refractivity contribution in [1.29, 1.82) is 0 Å². The number of piperazine rings is 1. The minimum Gasteiger partial charge on any atom is -0.337 e. The molecule has 23 heavy (non-hydrogen) atoms. The third kappa shape index (κ3) is 3.18. The molecule has 1 fully saturated rings. The highest BCUT2D eigenvalue weighted by Gasteiger charge is 2.25. The van der Waals surface area contributed by atoms with Gasteiger partial charge in [0.15, 0.2) is 5.69 Å². The van der Waals surface area contributed by atoms with Gasteiger partial charge in [0.25, 0.3) is 5.91 Å².